The fraction of sp³-hybridized carbons (Fsp3) is 0.467. The van der Waals surface area contributed by atoms with Crippen LogP contribution in [0.5, 0.6) is 0 Å². The van der Waals surface area contributed by atoms with Gasteiger partial charge >= 0.3 is 0 Å². The van der Waals surface area contributed by atoms with Crippen LogP contribution in [0.4, 0.5) is 5.69 Å². The highest BCUT2D eigenvalue weighted by atomic mass is 32.1. The molecule has 1 aliphatic heterocycles. The number of hydrogen-bond acceptors (Lipinski definition) is 7. The molecule has 1 N–H and O–H groups in total. The summed E-state index contributed by atoms with van der Waals surface area (Å²) in [6.45, 7) is 4.17. The molecular weight excluding hydrogens is 312 g/mol. The van der Waals surface area contributed by atoms with Crippen molar-refractivity contribution >= 4 is 27.2 Å². The largest absolute Gasteiger partial charge is 0.381 e. The van der Waals surface area contributed by atoms with E-state index in [1.165, 1.54) is 4.70 Å². The minimum Gasteiger partial charge on any atom is -0.381 e. The molecule has 8 heteroatoms. The van der Waals surface area contributed by atoms with Crippen LogP contribution in [0, 0.1) is 6.92 Å². The first kappa shape index (κ1) is 14.5. The average molecular weight is 330 g/mol. The van der Waals surface area contributed by atoms with Gasteiger partial charge in [-0.25, -0.2) is 9.67 Å². The molecule has 0 aliphatic carbocycles. The summed E-state index contributed by atoms with van der Waals surface area (Å²) in [5.74, 6) is 0.853. The van der Waals surface area contributed by atoms with Gasteiger partial charge in [0, 0.05) is 18.9 Å². The molecule has 0 radical (unpaired) electrons. The fourth-order valence-corrected chi connectivity index (χ4v) is 3.68. The molecule has 3 aromatic rings. The summed E-state index contributed by atoms with van der Waals surface area (Å²) in [5.41, 5.74) is 2.06. The van der Waals surface area contributed by atoms with Crippen LogP contribution in [0.15, 0.2) is 18.2 Å². The molecule has 0 bridgehead atoms. The van der Waals surface area contributed by atoms with Gasteiger partial charge in [-0.15, -0.1) is 16.4 Å². The Labute approximate surface area is 137 Å². The Kier molecular flexibility index (Phi) is 3.92. The fourth-order valence-electron chi connectivity index (χ4n) is 2.88. The van der Waals surface area contributed by atoms with Crippen LogP contribution in [0.3, 0.4) is 0 Å². The van der Waals surface area contributed by atoms with Crippen LogP contribution < -0.4 is 5.32 Å². The van der Waals surface area contributed by atoms with E-state index in [0.29, 0.717) is 12.6 Å². The van der Waals surface area contributed by atoms with E-state index in [1.807, 2.05) is 11.6 Å². The summed E-state index contributed by atoms with van der Waals surface area (Å²) < 4.78 is 8.55. The van der Waals surface area contributed by atoms with E-state index in [-0.39, 0.29) is 0 Å². The van der Waals surface area contributed by atoms with Crippen LogP contribution in [0.1, 0.15) is 29.7 Å². The number of anilines is 1. The number of benzene rings is 1. The Balaban J connectivity index is 1.48. The lowest BCUT2D eigenvalue weighted by atomic mass is 10.1. The maximum Gasteiger partial charge on any atom is 0.170 e. The van der Waals surface area contributed by atoms with Crippen molar-refractivity contribution < 1.29 is 4.74 Å². The lowest BCUT2D eigenvalue weighted by Gasteiger charge is -2.22. The van der Waals surface area contributed by atoms with Gasteiger partial charge in [-0.3, -0.25) is 0 Å². The molecule has 23 heavy (non-hydrogen) atoms. The number of hydrogen-bond donors (Lipinski definition) is 1. The number of aromatic nitrogens is 5. The first-order chi connectivity index (χ1) is 11.3. The number of nitrogens with one attached hydrogen (secondary N) is 1. The van der Waals surface area contributed by atoms with Crippen molar-refractivity contribution in [3.05, 3.63) is 29.0 Å². The smallest absolute Gasteiger partial charge is 0.170 e. The van der Waals surface area contributed by atoms with Gasteiger partial charge in [0.2, 0.25) is 0 Å². The summed E-state index contributed by atoms with van der Waals surface area (Å²) in [6.07, 6.45) is 1.92. The maximum absolute atomic E-state index is 5.41. The Morgan fingerprint density at radius 1 is 1.35 bits per heavy atom. The zero-order valence-corrected chi connectivity index (χ0v) is 13.7. The Morgan fingerprint density at radius 2 is 2.22 bits per heavy atom. The van der Waals surface area contributed by atoms with E-state index < -0.39 is 0 Å². The molecule has 0 unspecified atom stereocenters. The summed E-state index contributed by atoms with van der Waals surface area (Å²) in [5, 5.41) is 16.6. The molecular formula is C15H18N6OS. The van der Waals surface area contributed by atoms with Gasteiger partial charge in [-0.2, -0.15) is 0 Å². The van der Waals surface area contributed by atoms with Crippen molar-refractivity contribution in [3.8, 4) is 0 Å². The van der Waals surface area contributed by atoms with Gasteiger partial charge in [0.05, 0.1) is 27.8 Å². The van der Waals surface area contributed by atoms with Gasteiger partial charge in [0.15, 0.2) is 5.82 Å². The van der Waals surface area contributed by atoms with Crippen molar-refractivity contribution in [1.29, 1.82) is 0 Å². The number of tetrazole rings is 1. The van der Waals surface area contributed by atoms with Crippen LogP contribution in [0.25, 0.3) is 10.2 Å². The number of fused-ring (bicyclic) bond motifs is 1. The second-order valence-corrected chi connectivity index (χ2v) is 6.89. The summed E-state index contributed by atoms with van der Waals surface area (Å²) >= 11 is 1.71. The summed E-state index contributed by atoms with van der Waals surface area (Å²) in [7, 11) is 0. The molecule has 0 saturated carbocycles. The van der Waals surface area contributed by atoms with E-state index >= 15 is 0 Å². The molecule has 120 valence electrons. The molecule has 1 saturated heterocycles. The number of ether oxygens (including phenoxy) is 1. The van der Waals surface area contributed by atoms with E-state index in [0.717, 1.165) is 48.1 Å². The molecule has 1 aliphatic rings. The third kappa shape index (κ3) is 3.04. The minimum atomic E-state index is 0.333. The first-order valence-electron chi connectivity index (χ1n) is 7.75. The lowest BCUT2D eigenvalue weighted by molar-refractivity contribution is 0.0649. The second-order valence-electron chi connectivity index (χ2n) is 5.65. The highest BCUT2D eigenvalue weighted by Crippen LogP contribution is 2.25. The third-order valence-electron chi connectivity index (χ3n) is 4.04. The predicted octanol–water partition coefficient (Wildman–Crippen LogP) is 2.55. The molecule has 2 aromatic heterocycles. The molecule has 4 rings (SSSR count). The highest BCUT2D eigenvalue weighted by Gasteiger charge is 2.20. The summed E-state index contributed by atoms with van der Waals surface area (Å²) in [4.78, 5) is 4.53. The van der Waals surface area contributed by atoms with Gasteiger partial charge in [-0.05, 0) is 48.4 Å². The van der Waals surface area contributed by atoms with Crippen LogP contribution in [-0.4, -0.2) is 38.4 Å². The Bertz CT molecular complexity index is 807. The molecule has 1 aromatic carbocycles. The third-order valence-corrected chi connectivity index (χ3v) is 4.99. The van der Waals surface area contributed by atoms with E-state index in [4.69, 9.17) is 4.74 Å². The highest BCUT2D eigenvalue weighted by molar-refractivity contribution is 7.18. The predicted molar refractivity (Wildman–Crippen MR) is 88.6 cm³/mol. The Morgan fingerprint density at radius 3 is 3.09 bits per heavy atom. The molecule has 0 amide bonds. The number of aryl methyl sites for hydroxylation is 1. The zero-order chi connectivity index (χ0) is 15.6. The monoisotopic (exact) mass is 330 g/mol. The number of rotatable bonds is 4. The van der Waals surface area contributed by atoms with Crippen molar-refractivity contribution in [2.75, 3.05) is 18.5 Å². The van der Waals surface area contributed by atoms with Gasteiger partial charge in [0.1, 0.15) is 0 Å². The first-order valence-corrected chi connectivity index (χ1v) is 8.57. The van der Waals surface area contributed by atoms with E-state index in [9.17, 15) is 0 Å². The van der Waals surface area contributed by atoms with Gasteiger partial charge in [-0.1, -0.05) is 0 Å². The van der Waals surface area contributed by atoms with Gasteiger partial charge < -0.3 is 10.1 Å². The minimum absolute atomic E-state index is 0.333. The Hall–Kier alpha value is -2.06. The second kappa shape index (κ2) is 6.21. The van der Waals surface area contributed by atoms with E-state index in [1.54, 1.807) is 11.3 Å². The van der Waals surface area contributed by atoms with Gasteiger partial charge in [0.25, 0.3) is 0 Å². The zero-order valence-electron chi connectivity index (χ0n) is 12.9. The molecule has 1 fully saturated rings. The van der Waals surface area contributed by atoms with Crippen LogP contribution in [-0.2, 0) is 11.3 Å². The molecule has 0 atom stereocenters. The SMILES string of the molecule is Cc1nc2cc(NCc3nnnn3C3CCOCC3)ccc2s1. The van der Waals surface area contributed by atoms with Crippen LogP contribution >= 0.6 is 11.3 Å². The van der Waals surface area contributed by atoms with Crippen molar-refractivity contribution in [1.82, 2.24) is 25.2 Å². The topological polar surface area (TPSA) is 77.8 Å². The molecule has 0 spiro atoms. The molecule has 3 heterocycles. The summed E-state index contributed by atoms with van der Waals surface area (Å²) in [6, 6.07) is 6.58. The van der Waals surface area contributed by atoms with Crippen molar-refractivity contribution in [2.24, 2.45) is 0 Å². The van der Waals surface area contributed by atoms with Crippen molar-refractivity contribution in [2.45, 2.75) is 32.4 Å². The molecule has 7 nitrogen and oxygen atoms in total. The average Bonchev–Trinajstić information content (AvgIpc) is 3.18. The maximum atomic E-state index is 5.41. The van der Waals surface area contributed by atoms with Crippen molar-refractivity contribution in [3.63, 3.8) is 0 Å². The quantitative estimate of drug-likeness (QED) is 0.792. The van der Waals surface area contributed by atoms with E-state index in [2.05, 4.69) is 44.0 Å². The standard InChI is InChI=1S/C15H18N6OS/c1-10-17-13-8-11(2-3-14(13)23-10)16-9-15-18-19-20-21(15)12-4-6-22-7-5-12/h2-3,8,12,16H,4-7,9H2,1H3. The normalized spacial score (nSPS) is 16.0. The van der Waals surface area contributed by atoms with Crippen LogP contribution in [0.2, 0.25) is 0 Å². The lowest BCUT2D eigenvalue weighted by Crippen LogP contribution is -2.23. The number of thiazole rings is 1. The number of nitrogens with zero attached hydrogens (tertiary/aromatic N) is 5.